The quantitative estimate of drug-likeness (QED) is 0.215. The Morgan fingerprint density at radius 3 is 2.12 bits per heavy atom. The van der Waals surface area contributed by atoms with Crippen LogP contribution in [0.4, 0.5) is 5.69 Å². The number of hydrogen-bond acceptors (Lipinski definition) is 4. The molecule has 0 radical (unpaired) electrons. The van der Waals surface area contributed by atoms with Gasteiger partial charge in [-0.25, -0.2) is 5.43 Å². The summed E-state index contributed by atoms with van der Waals surface area (Å²) in [7, 11) is 0. The van der Waals surface area contributed by atoms with Crippen LogP contribution in [0.3, 0.4) is 0 Å². The third-order valence-electron chi connectivity index (χ3n) is 5.34. The number of amides is 2. The van der Waals surface area contributed by atoms with E-state index in [9.17, 15) is 9.59 Å². The molecule has 0 aliphatic carbocycles. The molecule has 2 N–H and O–H groups in total. The summed E-state index contributed by atoms with van der Waals surface area (Å²) < 4.78 is 5.12. The number of nitrogens with one attached hydrogen (secondary N) is 2. The number of nitrogens with zero attached hydrogens (tertiary/aromatic N) is 1. The molecule has 160 valence electrons. The van der Waals surface area contributed by atoms with E-state index in [1.807, 2.05) is 36.4 Å². The van der Waals surface area contributed by atoms with E-state index >= 15 is 0 Å². The van der Waals surface area contributed by atoms with Crippen molar-refractivity contribution in [3.63, 3.8) is 0 Å². The lowest BCUT2D eigenvalue weighted by Gasteiger charge is -2.10. The van der Waals surface area contributed by atoms with Gasteiger partial charge in [-0.1, -0.05) is 60.7 Å². The molecule has 6 nitrogen and oxygen atoms in total. The molecule has 0 fully saturated rings. The SMILES string of the molecule is O=C(Nc1ccccc1C(=O)N/N=C/c1c2ccccc2cc2ccccc12)c1ccco1. The molecule has 0 aliphatic heterocycles. The molecule has 0 aliphatic rings. The standard InChI is InChI=1S/C27H19N3O3/c31-26(22-12-5-6-13-24(22)29-27(32)25-14-7-15-33-25)30-28-17-23-20-10-3-1-8-18(20)16-19-9-2-4-11-21(19)23/h1-17H,(H,29,32)(H,30,31)/b28-17+. The first kappa shape index (κ1) is 20.2. The fourth-order valence-corrected chi connectivity index (χ4v) is 3.79. The number of carbonyl (C=O) groups is 2. The van der Waals surface area contributed by atoms with Crippen LogP contribution in [-0.2, 0) is 0 Å². The molecule has 5 aromatic rings. The molecule has 0 saturated heterocycles. The van der Waals surface area contributed by atoms with E-state index < -0.39 is 11.8 Å². The highest BCUT2D eigenvalue weighted by molar-refractivity contribution is 6.14. The van der Waals surface area contributed by atoms with Crippen molar-refractivity contribution < 1.29 is 14.0 Å². The first-order valence-electron chi connectivity index (χ1n) is 10.4. The Kier molecular flexibility index (Phi) is 5.39. The summed E-state index contributed by atoms with van der Waals surface area (Å²) in [6.07, 6.45) is 3.08. The summed E-state index contributed by atoms with van der Waals surface area (Å²) in [5, 5.41) is 11.2. The van der Waals surface area contributed by atoms with Crippen molar-refractivity contribution in [2.75, 3.05) is 5.32 Å². The minimum atomic E-state index is -0.439. The Bertz CT molecular complexity index is 1450. The van der Waals surface area contributed by atoms with E-state index in [4.69, 9.17) is 4.42 Å². The lowest BCUT2D eigenvalue weighted by Crippen LogP contribution is -2.21. The van der Waals surface area contributed by atoms with Crippen LogP contribution in [0.1, 0.15) is 26.5 Å². The molecule has 0 atom stereocenters. The van der Waals surface area contributed by atoms with E-state index in [0.29, 0.717) is 5.69 Å². The van der Waals surface area contributed by atoms with Gasteiger partial charge in [0.1, 0.15) is 0 Å². The summed E-state index contributed by atoms with van der Waals surface area (Å²) in [6, 6.07) is 28.2. The van der Waals surface area contributed by atoms with Gasteiger partial charge in [-0.2, -0.15) is 5.10 Å². The molecule has 6 heteroatoms. The van der Waals surface area contributed by atoms with Crippen LogP contribution < -0.4 is 10.7 Å². The van der Waals surface area contributed by atoms with Crippen LogP contribution in [0.2, 0.25) is 0 Å². The summed E-state index contributed by atoms with van der Waals surface area (Å²) in [4.78, 5) is 25.2. The molecule has 1 aromatic heterocycles. The summed E-state index contributed by atoms with van der Waals surface area (Å²) in [5.41, 5.74) is 4.15. The second-order valence-corrected chi connectivity index (χ2v) is 7.41. The number of hydrazone groups is 1. The number of benzene rings is 4. The van der Waals surface area contributed by atoms with Crippen LogP contribution in [0.5, 0.6) is 0 Å². The molecule has 4 aromatic carbocycles. The van der Waals surface area contributed by atoms with Crippen molar-refractivity contribution in [1.82, 2.24) is 5.43 Å². The zero-order valence-electron chi connectivity index (χ0n) is 17.5. The fraction of sp³-hybridized carbons (Fsp3) is 0. The Labute approximate surface area is 189 Å². The maximum Gasteiger partial charge on any atom is 0.291 e. The maximum atomic E-state index is 12.9. The predicted molar refractivity (Wildman–Crippen MR) is 130 cm³/mol. The predicted octanol–water partition coefficient (Wildman–Crippen LogP) is 5.60. The molecule has 2 amide bonds. The van der Waals surface area contributed by atoms with Gasteiger partial charge in [0.25, 0.3) is 11.8 Å². The van der Waals surface area contributed by atoms with Gasteiger partial charge in [0.05, 0.1) is 23.7 Å². The summed E-state index contributed by atoms with van der Waals surface area (Å²) >= 11 is 0. The minimum Gasteiger partial charge on any atom is -0.459 e. The molecule has 0 bridgehead atoms. The van der Waals surface area contributed by atoms with Crippen molar-refractivity contribution in [2.45, 2.75) is 0 Å². The van der Waals surface area contributed by atoms with Crippen LogP contribution in [-0.4, -0.2) is 18.0 Å². The first-order chi connectivity index (χ1) is 16.2. The van der Waals surface area contributed by atoms with Gasteiger partial charge in [-0.05, 0) is 51.9 Å². The van der Waals surface area contributed by atoms with Crippen LogP contribution in [0.15, 0.2) is 107 Å². The van der Waals surface area contributed by atoms with Crippen molar-refractivity contribution >= 4 is 45.3 Å². The summed E-state index contributed by atoms with van der Waals surface area (Å²) in [5.74, 6) is -0.719. The molecular formula is C27H19N3O3. The number of furan rings is 1. The number of carbonyl (C=O) groups excluding carboxylic acids is 2. The molecule has 0 saturated carbocycles. The van der Waals surface area contributed by atoms with Gasteiger partial charge >= 0.3 is 0 Å². The van der Waals surface area contributed by atoms with Gasteiger partial charge in [0.15, 0.2) is 5.76 Å². The molecule has 5 rings (SSSR count). The van der Waals surface area contributed by atoms with E-state index in [0.717, 1.165) is 27.1 Å². The Hall–Kier alpha value is -4.71. The largest absolute Gasteiger partial charge is 0.459 e. The third kappa shape index (κ3) is 4.09. The minimum absolute atomic E-state index is 0.158. The van der Waals surface area contributed by atoms with Gasteiger partial charge in [0, 0.05) is 5.56 Å². The maximum absolute atomic E-state index is 12.9. The topological polar surface area (TPSA) is 83.7 Å². The first-order valence-corrected chi connectivity index (χ1v) is 10.4. The average Bonchev–Trinajstić information content (AvgIpc) is 3.39. The number of anilines is 1. The number of para-hydroxylation sites is 1. The number of rotatable bonds is 5. The smallest absolute Gasteiger partial charge is 0.291 e. The number of hydrogen-bond donors (Lipinski definition) is 2. The monoisotopic (exact) mass is 433 g/mol. The van der Waals surface area contributed by atoms with Crippen LogP contribution in [0, 0.1) is 0 Å². The molecule has 0 spiro atoms. The van der Waals surface area contributed by atoms with Crippen LogP contribution >= 0.6 is 0 Å². The van der Waals surface area contributed by atoms with Crippen molar-refractivity contribution in [2.24, 2.45) is 5.10 Å². The Balaban J connectivity index is 1.42. The van der Waals surface area contributed by atoms with Gasteiger partial charge < -0.3 is 9.73 Å². The van der Waals surface area contributed by atoms with Gasteiger partial charge in [-0.15, -0.1) is 0 Å². The van der Waals surface area contributed by atoms with Crippen molar-refractivity contribution in [3.8, 4) is 0 Å². The second-order valence-electron chi connectivity index (χ2n) is 7.41. The second kappa shape index (κ2) is 8.80. The average molecular weight is 433 g/mol. The zero-order chi connectivity index (χ0) is 22.6. The number of fused-ring (bicyclic) bond motifs is 2. The summed E-state index contributed by atoms with van der Waals surface area (Å²) in [6.45, 7) is 0. The van der Waals surface area contributed by atoms with Gasteiger partial charge in [-0.3, -0.25) is 9.59 Å². The van der Waals surface area contributed by atoms with Crippen molar-refractivity contribution in [3.05, 3.63) is 114 Å². The Morgan fingerprint density at radius 1 is 0.758 bits per heavy atom. The molecule has 33 heavy (non-hydrogen) atoms. The molecular weight excluding hydrogens is 414 g/mol. The molecule has 0 unspecified atom stereocenters. The zero-order valence-corrected chi connectivity index (χ0v) is 17.5. The van der Waals surface area contributed by atoms with Crippen LogP contribution in [0.25, 0.3) is 21.5 Å². The van der Waals surface area contributed by atoms with Gasteiger partial charge in [0.2, 0.25) is 0 Å². The van der Waals surface area contributed by atoms with E-state index in [1.165, 1.54) is 6.26 Å². The Morgan fingerprint density at radius 2 is 1.42 bits per heavy atom. The highest BCUT2D eigenvalue weighted by Gasteiger charge is 2.15. The normalized spacial score (nSPS) is 11.2. The fourth-order valence-electron chi connectivity index (χ4n) is 3.79. The van der Waals surface area contributed by atoms with E-state index in [-0.39, 0.29) is 11.3 Å². The molecule has 1 heterocycles. The third-order valence-corrected chi connectivity index (χ3v) is 5.34. The lowest BCUT2D eigenvalue weighted by atomic mass is 9.97. The van der Waals surface area contributed by atoms with E-state index in [2.05, 4.69) is 34.0 Å². The lowest BCUT2D eigenvalue weighted by molar-refractivity contribution is 0.0956. The van der Waals surface area contributed by atoms with E-state index in [1.54, 1.807) is 42.6 Å². The highest BCUT2D eigenvalue weighted by Crippen LogP contribution is 2.27. The van der Waals surface area contributed by atoms with Crippen molar-refractivity contribution in [1.29, 1.82) is 0 Å². The highest BCUT2D eigenvalue weighted by atomic mass is 16.3.